The lowest BCUT2D eigenvalue weighted by Gasteiger charge is -2.26. The number of benzene rings is 1. The summed E-state index contributed by atoms with van der Waals surface area (Å²) in [7, 11) is 1.65. The van der Waals surface area contributed by atoms with Crippen LogP contribution in [0.25, 0.3) is 0 Å². The van der Waals surface area contributed by atoms with Crippen LogP contribution in [0.3, 0.4) is 0 Å². The predicted molar refractivity (Wildman–Crippen MR) is 135 cm³/mol. The van der Waals surface area contributed by atoms with E-state index >= 15 is 0 Å². The maximum Gasteiger partial charge on any atom is 0.341 e. The number of methoxy groups -OCH3 is 1. The van der Waals surface area contributed by atoms with Crippen molar-refractivity contribution in [1.82, 2.24) is 4.90 Å². The van der Waals surface area contributed by atoms with E-state index < -0.39 is 0 Å². The Labute approximate surface area is 208 Å². The molecule has 1 N–H and O–H groups in total. The van der Waals surface area contributed by atoms with Crippen LogP contribution in [-0.4, -0.2) is 69.9 Å². The van der Waals surface area contributed by atoms with Crippen LogP contribution < -0.4 is 10.1 Å². The lowest BCUT2D eigenvalue weighted by molar-refractivity contribution is -0.143. The highest BCUT2D eigenvalue weighted by Gasteiger charge is 2.31. The van der Waals surface area contributed by atoms with Gasteiger partial charge in [0.2, 0.25) is 0 Å². The summed E-state index contributed by atoms with van der Waals surface area (Å²) in [6.45, 7) is 12.0. The number of carbonyl (C=O) groups is 2. The minimum atomic E-state index is -0.295. The number of unbranched alkanes of at least 4 members (excludes halogenated alkanes) is 1. The Balaban J connectivity index is 1.50. The SMILES string of the molecule is CCNc1c(C/C=C(\C)CCC(=O)OCCCCN2CCOCC2)c(OC)c(C)c2c1C(=O)OC2. The number of ether oxygens (including phenoxy) is 4. The minimum absolute atomic E-state index is 0.161. The number of fused-ring (bicyclic) bond motifs is 1. The van der Waals surface area contributed by atoms with Gasteiger partial charge < -0.3 is 24.3 Å². The molecule has 0 amide bonds. The highest BCUT2D eigenvalue weighted by molar-refractivity contribution is 6.01. The van der Waals surface area contributed by atoms with Gasteiger partial charge in [-0.15, -0.1) is 0 Å². The quantitative estimate of drug-likeness (QED) is 0.253. The van der Waals surface area contributed by atoms with E-state index in [4.69, 9.17) is 18.9 Å². The van der Waals surface area contributed by atoms with Crippen molar-refractivity contribution in [3.8, 4) is 5.75 Å². The highest BCUT2D eigenvalue weighted by atomic mass is 16.5. The lowest BCUT2D eigenvalue weighted by Crippen LogP contribution is -2.36. The maximum absolute atomic E-state index is 12.4. The molecule has 0 aliphatic carbocycles. The van der Waals surface area contributed by atoms with Crippen molar-refractivity contribution >= 4 is 17.6 Å². The van der Waals surface area contributed by atoms with Gasteiger partial charge in [0.1, 0.15) is 12.4 Å². The van der Waals surface area contributed by atoms with Crippen LogP contribution in [0.2, 0.25) is 0 Å². The van der Waals surface area contributed by atoms with Gasteiger partial charge >= 0.3 is 11.9 Å². The van der Waals surface area contributed by atoms with Gasteiger partial charge in [0.25, 0.3) is 0 Å². The molecule has 194 valence electrons. The van der Waals surface area contributed by atoms with Crippen LogP contribution in [0, 0.1) is 6.92 Å². The van der Waals surface area contributed by atoms with Crippen molar-refractivity contribution in [2.24, 2.45) is 0 Å². The summed E-state index contributed by atoms with van der Waals surface area (Å²) in [5.41, 5.74) is 5.26. The zero-order valence-corrected chi connectivity index (χ0v) is 21.7. The Morgan fingerprint density at radius 3 is 2.69 bits per heavy atom. The fourth-order valence-corrected chi connectivity index (χ4v) is 4.62. The third-order valence-corrected chi connectivity index (χ3v) is 6.64. The van der Waals surface area contributed by atoms with Gasteiger partial charge in [-0.2, -0.15) is 0 Å². The molecule has 0 saturated carbocycles. The van der Waals surface area contributed by atoms with Crippen LogP contribution in [0.4, 0.5) is 5.69 Å². The standard InChI is InChI=1S/C27H40N2O6/c1-5-28-25-21(26(32-4)20(3)22-18-35-27(31)24(22)25)10-8-19(2)9-11-23(30)34-15-7-6-12-29-13-16-33-17-14-29/h8,28H,5-7,9-18H2,1-4H3/b19-8+. The molecular weight excluding hydrogens is 448 g/mol. The first-order valence-electron chi connectivity index (χ1n) is 12.7. The monoisotopic (exact) mass is 488 g/mol. The van der Waals surface area contributed by atoms with Gasteiger partial charge in [-0.25, -0.2) is 4.79 Å². The normalized spacial score (nSPS) is 16.1. The van der Waals surface area contributed by atoms with E-state index in [1.54, 1.807) is 7.11 Å². The Morgan fingerprint density at radius 1 is 1.20 bits per heavy atom. The van der Waals surface area contributed by atoms with Gasteiger partial charge in [0.05, 0.1) is 38.2 Å². The van der Waals surface area contributed by atoms with Gasteiger partial charge in [-0.05, 0) is 58.6 Å². The molecule has 2 aliphatic rings. The molecule has 0 spiro atoms. The first-order chi connectivity index (χ1) is 17.0. The second kappa shape index (κ2) is 13.5. The first kappa shape index (κ1) is 27.0. The smallest absolute Gasteiger partial charge is 0.341 e. The number of cyclic esters (lactones) is 1. The Hall–Kier alpha value is -2.58. The number of allylic oxidation sites excluding steroid dienone is 2. The van der Waals surface area contributed by atoms with Gasteiger partial charge in [0.15, 0.2) is 0 Å². The second-order valence-corrected chi connectivity index (χ2v) is 9.11. The minimum Gasteiger partial charge on any atom is -0.496 e. The number of morpholine rings is 1. The average Bonchev–Trinajstić information content (AvgIpc) is 3.25. The molecule has 0 bridgehead atoms. The molecule has 3 rings (SSSR count). The highest BCUT2D eigenvalue weighted by Crippen LogP contribution is 2.41. The topological polar surface area (TPSA) is 86.3 Å². The van der Waals surface area contributed by atoms with E-state index in [0.717, 1.165) is 79.4 Å². The van der Waals surface area contributed by atoms with Crippen LogP contribution in [0.5, 0.6) is 5.75 Å². The van der Waals surface area contributed by atoms with E-state index in [0.29, 0.717) is 38.0 Å². The van der Waals surface area contributed by atoms with Crippen LogP contribution >= 0.6 is 0 Å². The van der Waals surface area contributed by atoms with E-state index in [9.17, 15) is 9.59 Å². The molecule has 1 fully saturated rings. The summed E-state index contributed by atoms with van der Waals surface area (Å²) in [4.78, 5) is 27.0. The third kappa shape index (κ3) is 7.21. The molecule has 2 heterocycles. The van der Waals surface area contributed by atoms with E-state index in [2.05, 4.69) is 16.3 Å². The fraction of sp³-hybridized carbons (Fsp3) is 0.630. The van der Waals surface area contributed by atoms with Crippen molar-refractivity contribution in [2.75, 3.05) is 58.4 Å². The Morgan fingerprint density at radius 2 is 1.97 bits per heavy atom. The molecule has 0 radical (unpaired) electrons. The van der Waals surface area contributed by atoms with E-state index in [1.165, 1.54) is 0 Å². The average molecular weight is 489 g/mol. The molecule has 8 nitrogen and oxygen atoms in total. The molecule has 1 aromatic rings. The Bertz CT molecular complexity index is 921. The van der Waals surface area contributed by atoms with Crippen molar-refractivity contribution in [2.45, 2.75) is 59.5 Å². The molecule has 35 heavy (non-hydrogen) atoms. The van der Waals surface area contributed by atoms with E-state index in [1.807, 2.05) is 20.8 Å². The zero-order chi connectivity index (χ0) is 25.2. The van der Waals surface area contributed by atoms with Crippen molar-refractivity contribution < 1.29 is 28.5 Å². The summed E-state index contributed by atoms with van der Waals surface area (Å²) >= 11 is 0. The lowest BCUT2D eigenvalue weighted by atomic mass is 9.93. The summed E-state index contributed by atoms with van der Waals surface area (Å²) < 4.78 is 21.8. The number of carbonyl (C=O) groups excluding carboxylic acids is 2. The molecule has 0 unspecified atom stereocenters. The van der Waals surface area contributed by atoms with Gasteiger partial charge in [0, 0.05) is 37.2 Å². The number of esters is 2. The van der Waals surface area contributed by atoms with Crippen molar-refractivity contribution in [3.63, 3.8) is 0 Å². The molecule has 1 aromatic carbocycles. The van der Waals surface area contributed by atoms with Crippen molar-refractivity contribution in [1.29, 1.82) is 0 Å². The fourth-order valence-electron chi connectivity index (χ4n) is 4.62. The number of nitrogens with one attached hydrogen (secondary N) is 1. The summed E-state index contributed by atoms with van der Waals surface area (Å²) in [5, 5.41) is 3.34. The molecule has 8 heteroatoms. The van der Waals surface area contributed by atoms with Crippen molar-refractivity contribution in [3.05, 3.63) is 33.9 Å². The van der Waals surface area contributed by atoms with E-state index in [-0.39, 0.29) is 18.5 Å². The van der Waals surface area contributed by atoms with Crippen LogP contribution in [-0.2, 0) is 32.0 Å². The molecule has 0 atom stereocenters. The number of hydrogen-bond donors (Lipinski definition) is 1. The Kier molecular flexibility index (Phi) is 10.4. The van der Waals surface area contributed by atoms with Crippen LogP contribution in [0.1, 0.15) is 66.6 Å². The predicted octanol–water partition coefficient (Wildman–Crippen LogP) is 4.03. The zero-order valence-electron chi connectivity index (χ0n) is 21.7. The number of anilines is 1. The summed E-state index contributed by atoms with van der Waals surface area (Å²) in [6, 6.07) is 0. The summed E-state index contributed by atoms with van der Waals surface area (Å²) in [6.07, 6.45) is 5.59. The summed E-state index contributed by atoms with van der Waals surface area (Å²) in [5.74, 6) is 0.320. The van der Waals surface area contributed by atoms with Crippen LogP contribution in [0.15, 0.2) is 11.6 Å². The van der Waals surface area contributed by atoms with Gasteiger partial charge in [-0.3, -0.25) is 9.69 Å². The number of nitrogens with zero attached hydrogens (tertiary/aromatic N) is 1. The molecule has 2 aliphatic heterocycles. The first-order valence-corrected chi connectivity index (χ1v) is 12.7. The number of rotatable bonds is 13. The molecular formula is C27H40N2O6. The molecule has 1 saturated heterocycles. The van der Waals surface area contributed by atoms with Gasteiger partial charge in [-0.1, -0.05) is 11.6 Å². The third-order valence-electron chi connectivity index (χ3n) is 6.64. The maximum atomic E-state index is 12.4. The number of hydrogen-bond acceptors (Lipinski definition) is 8. The largest absolute Gasteiger partial charge is 0.496 e. The molecule has 0 aromatic heterocycles. The second-order valence-electron chi connectivity index (χ2n) is 9.11.